The molecule has 4 unspecified atom stereocenters. The monoisotopic (exact) mass is 806 g/mol. The first-order valence-corrected chi connectivity index (χ1v) is 21.3. The van der Waals surface area contributed by atoms with Crippen molar-refractivity contribution in [2.45, 2.75) is 30.8 Å². The van der Waals surface area contributed by atoms with Crippen LogP contribution in [-0.4, -0.2) is 5.84 Å². The van der Waals surface area contributed by atoms with E-state index in [2.05, 4.69) is 243 Å². The van der Waals surface area contributed by atoms with E-state index in [1.807, 2.05) is 12.1 Å². The maximum Gasteiger partial charge on any atom is 0.131 e. The van der Waals surface area contributed by atoms with E-state index in [4.69, 9.17) is 4.99 Å². The van der Waals surface area contributed by atoms with Crippen LogP contribution < -0.4 is 36.4 Å². The Bertz CT molecular complexity index is 2700. The Balaban J connectivity index is 0.901. The highest BCUT2D eigenvalue weighted by atomic mass is 15.4. The van der Waals surface area contributed by atoms with Gasteiger partial charge in [-0.3, -0.25) is 21.3 Å². The smallest absolute Gasteiger partial charge is 0.131 e. The average Bonchev–Trinajstić information content (AvgIpc) is 3.36. The Morgan fingerprint density at radius 2 is 0.645 bits per heavy atom. The van der Waals surface area contributed by atoms with Crippen LogP contribution in [0.4, 0.5) is 34.1 Å². The van der Waals surface area contributed by atoms with E-state index in [0.29, 0.717) is 0 Å². The molecule has 3 aliphatic heterocycles. The third-order valence-corrected chi connectivity index (χ3v) is 12.0. The minimum Gasteiger partial charge on any atom is -0.350 e. The lowest BCUT2D eigenvalue weighted by molar-refractivity contribution is 0.203. The summed E-state index contributed by atoms with van der Waals surface area (Å²) in [4.78, 5) is 9.94. The van der Waals surface area contributed by atoms with Crippen molar-refractivity contribution in [3.8, 4) is 0 Å². The predicted octanol–water partition coefficient (Wildman–Crippen LogP) is 11.5. The standard InChI is InChI=1S/C54H46N8/c1-5-17-37(18-6-1)49-55-50(38-19-7-2-8-20-38)58-53(57-49)41-29-33-43(34-30-41)61-45-25-13-15-27-47(45)62(48-28-16-14-26-46(48)61)44-35-31-42(32-36-44)54-59-51(39-21-9-3-10-22-39)56-52(60-54)40-23-11-4-12-24-40/h1-36,49-53,55-58H,(H,59,60). The molecule has 0 radical (unpaired) electrons. The molecule has 62 heavy (non-hydrogen) atoms. The molecule has 0 aliphatic carbocycles. The summed E-state index contributed by atoms with van der Waals surface area (Å²) in [6.07, 6.45) is -0.439. The van der Waals surface area contributed by atoms with Gasteiger partial charge < -0.3 is 15.1 Å². The number of amidine groups is 1. The van der Waals surface area contributed by atoms with Crippen LogP contribution in [0.5, 0.6) is 0 Å². The third kappa shape index (κ3) is 7.31. The van der Waals surface area contributed by atoms with Crippen LogP contribution in [0, 0.1) is 0 Å². The molecular weight excluding hydrogens is 761 g/mol. The molecule has 0 spiro atoms. The van der Waals surface area contributed by atoms with E-state index in [1.54, 1.807) is 0 Å². The third-order valence-electron chi connectivity index (χ3n) is 12.0. The van der Waals surface area contributed by atoms with Gasteiger partial charge >= 0.3 is 0 Å². The molecule has 11 rings (SSSR count). The van der Waals surface area contributed by atoms with Gasteiger partial charge in [0.1, 0.15) is 18.2 Å². The van der Waals surface area contributed by atoms with E-state index < -0.39 is 0 Å². The highest BCUT2D eigenvalue weighted by Gasteiger charge is 2.33. The molecule has 8 aromatic carbocycles. The molecule has 0 aromatic heterocycles. The van der Waals surface area contributed by atoms with Gasteiger partial charge in [-0.15, -0.1) is 0 Å². The molecule has 8 heteroatoms. The normalized spacial score (nSPS) is 20.6. The van der Waals surface area contributed by atoms with Crippen LogP contribution in [0.2, 0.25) is 0 Å². The van der Waals surface area contributed by atoms with Gasteiger partial charge in [-0.2, -0.15) is 0 Å². The van der Waals surface area contributed by atoms with Crippen molar-refractivity contribution in [1.82, 2.24) is 26.6 Å². The Morgan fingerprint density at radius 3 is 1.06 bits per heavy atom. The Labute approximate surface area is 362 Å². The van der Waals surface area contributed by atoms with Crippen LogP contribution in [-0.2, 0) is 0 Å². The fourth-order valence-corrected chi connectivity index (χ4v) is 8.93. The van der Waals surface area contributed by atoms with Gasteiger partial charge in [0.15, 0.2) is 0 Å². The summed E-state index contributed by atoms with van der Waals surface area (Å²) in [5, 5.41) is 18.8. The first-order valence-electron chi connectivity index (χ1n) is 21.3. The summed E-state index contributed by atoms with van der Waals surface area (Å²) in [6, 6.07) is 77.2. The zero-order chi connectivity index (χ0) is 41.2. The molecular formula is C54H46N8. The lowest BCUT2D eigenvalue weighted by Gasteiger charge is -2.41. The van der Waals surface area contributed by atoms with Gasteiger partial charge in [0.2, 0.25) is 0 Å². The van der Waals surface area contributed by atoms with Crippen molar-refractivity contribution in [3.05, 3.63) is 252 Å². The molecule has 3 heterocycles. The first-order chi connectivity index (χ1) is 30.7. The molecule has 3 aliphatic rings. The molecule has 1 saturated heterocycles. The Morgan fingerprint density at radius 1 is 0.306 bits per heavy atom. The van der Waals surface area contributed by atoms with Crippen LogP contribution in [0.25, 0.3) is 0 Å². The molecule has 1 fully saturated rings. The fourth-order valence-electron chi connectivity index (χ4n) is 8.93. The van der Waals surface area contributed by atoms with E-state index in [9.17, 15) is 0 Å². The zero-order valence-electron chi connectivity index (χ0n) is 34.0. The molecule has 8 aromatic rings. The Kier molecular flexibility index (Phi) is 10.1. The van der Waals surface area contributed by atoms with E-state index in [-0.39, 0.29) is 30.8 Å². The quantitative estimate of drug-likeness (QED) is 0.105. The zero-order valence-corrected chi connectivity index (χ0v) is 34.0. The topological polar surface area (TPSA) is 79.0 Å². The minimum absolute atomic E-state index is 0.0328. The largest absolute Gasteiger partial charge is 0.350 e. The van der Waals surface area contributed by atoms with Crippen LogP contribution in [0.15, 0.2) is 223 Å². The van der Waals surface area contributed by atoms with Gasteiger partial charge in [0, 0.05) is 16.9 Å². The summed E-state index contributed by atoms with van der Waals surface area (Å²) in [7, 11) is 0. The van der Waals surface area contributed by atoms with Gasteiger partial charge in [0.25, 0.3) is 0 Å². The summed E-state index contributed by atoms with van der Waals surface area (Å²) >= 11 is 0. The number of hydrogen-bond acceptors (Lipinski definition) is 8. The molecule has 302 valence electrons. The fraction of sp³-hybridized carbons (Fsp3) is 0.0926. The second kappa shape index (κ2) is 16.6. The highest BCUT2D eigenvalue weighted by Crippen LogP contribution is 2.54. The number of benzene rings is 8. The van der Waals surface area contributed by atoms with Crippen LogP contribution >= 0.6 is 0 Å². The SMILES string of the molecule is c1ccc(C2N=C(c3ccc(N4c5ccccc5N(c5ccc(C6NC(c7ccccc7)NC(c7ccccc7)N6)cc5)c5ccccc54)cc3)NC(c3ccccc3)N2)cc1. The molecule has 8 nitrogen and oxygen atoms in total. The van der Waals surface area contributed by atoms with Gasteiger partial charge in [0.05, 0.1) is 41.2 Å². The summed E-state index contributed by atoms with van der Waals surface area (Å²) in [5.74, 6) is 0.855. The number of para-hydroxylation sites is 4. The van der Waals surface area contributed by atoms with Gasteiger partial charge in [-0.05, 0) is 88.5 Å². The predicted molar refractivity (Wildman–Crippen MR) is 251 cm³/mol. The van der Waals surface area contributed by atoms with Crippen molar-refractivity contribution in [2.75, 3.05) is 9.80 Å². The summed E-state index contributed by atoms with van der Waals surface area (Å²) < 4.78 is 0. The molecule has 0 amide bonds. The maximum absolute atomic E-state index is 5.19. The average molecular weight is 807 g/mol. The molecule has 5 N–H and O–H groups in total. The van der Waals surface area contributed by atoms with Crippen molar-refractivity contribution in [3.63, 3.8) is 0 Å². The van der Waals surface area contributed by atoms with Crippen LogP contribution in [0.3, 0.4) is 0 Å². The lowest BCUT2D eigenvalue weighted by atomic mass is 10.0. The number of nitrogens with one attached hydrogen (secondary N) is 5. The highest BCUT2D eigenvalue weighted by molar-refractivity contribution is 6.03. The number of nitrogens with zero attached hydrogens (tertiary/aromatic N) is 3. The van der Waals surface area contributed by atoms with Crippen molar-refractivity contribution in [2.24, 2.45) is 4.99 Å². The van der Waals surface area contributed by atoms with Crippen molar-refractivity contribution in [1.29, 1.82) is 0 Å². The maximum atomic E-state index is 5.19. The van der Waals surface area contributed by atoms with Crippen molar-refractivity contribution >= 4 is 40.0 Å². The summed E-state index contributed by atoms with van der Waals surface area (Å²) in [5.41, 5.74) is 13.4. The summed E-state index contributed by atoms with van der Waals surface area (Å²) in [6.45, 7) is 0. The molecule has 0 saturated carbocycles. The lowest BCUT2D eigenvalue weighted by Crippen LogP contribution is -2.54. The minimum atomic E-state index is -0.192. The van der Waals surface area contributed by atoms with E-state index in [1.165, 1.54) is 11.1 Å². The van der Waals surface area contributed by atoms with E-state index >= 15 is 0 Å². The second-order valence-corrected chi connectivity index (χ2v) is 15.9. The van der Waals surface area contributed by atoms with Crippen molar-refractivity contribution < 1.29 is 0 Å². The Hall–Kier alpha value is -7.33. The van der Waals surface area contributed by atoms with Crippen LogP contribution in [0.1, 0.15) is 64.2 Å². The van der Waals surface area contributed by atoms with E-state index in [0.717, 1.165) is 62.2 Å². The number of fused-ring (bicyclic) bond motifs is 2. The number of rotatable bonds is 8. The second-order valence-electron chi connectivity index (χ2n) is 15.9. The first kappa shape index (κ1) is 37.7. The number of aliphatic imine (C=N–C) groups is 1. The molecule has 0 bridgehead atoms. The van der Waals surface area contributed by atoms with Gasteiger partial charge in [-0.25, -0.2) is 4.99 Å². The number of hydrogen-bond donors (Lipinski definition) is 5. The molecule has 4 atom stereocenters. The number of anilines is 6. The van der Waals surface area contributed by atoms with Gasteiger partial charge in [-0.1, -0.05) is 158 Å².